The smallest absolute Gasteiger partial charge is 0.261 e. The number of rotatable bonds is 15. The Morgan fingerprint density at radius 1 is 0.727 bits per heavy atom. The van der Waals surface area contributed by atoms with Gasteiger partial charge in [0.2, 0.25) is 0 Å². The standard InChI is InChI=1S/C28H46N3O2/c1-3-31(2,23-15-7-5-4-6-11-19-29-20-12-8-13-21-29)24-16-14-22-30-27(32)25-17-9-10-18-26(25)28(30)33/h9-10,17-18H,3-8,11-16,19-24H2,1-2H3/q+1. The normalized spacial score (nSPS) is 18.5. The first-order valence-corrected chi connectivity index (χ1v) is 13.6. The maximum atomic E-state index is 12.5. The third-order valence-corrected chi connectivity index (χ3v) is 7.84. The predicted octanol–water partition coefficient (Wildman–Crippen LogP) is 5.36. The summed E-state index contributed by atoms with van der Waals surface area (Å²) < 4.78 is 1.09. The molecule has 2 heterocycles. The molecule has 0 aliphatic carbocycles. The number of amides is 2. The van der Waals surface area contributed by atoms with E-state index in [0.29, 0.717) is 17.7 Å². The molecule has 3 rings (SSSR count). The maximum Gasteiger partial charge on any atom is 0.261 e. The number of carbonyl (C=O) groups excluding carboxylic acids is 2. The lowest BCUT2D eigenvalue weighted by atomic mass is 10.1. The highest BCUT2D eigenvalue weighted by Crippen LogP contribution is 2.23. The number of hydrogen-bond donors (Lipinski definition) is 0. The average molecular weight is 457 g/mol. The van der Waals surface area contributed by atoms with Crippen LogP contribution in [0, 0.1) is 0 Å². The molecule has 1 fully saturated rings. The van der Waals surface area contributed by atoms with Crippen LogP contribution in [0.4, 0.5) is 0 Å². The van der Waals surface area contributed by atoms with Crippen LogP contribution in [-0.4, -0.2) is 79.0 Å². The molecule has 2 amide bonds. The van der Waals surface area contributed by atoms with E-state index in [0.717, 1.165) is 30.4 Å². The van der Waals surface area contributed by atoms with E-state index in [2.05, 4.69) is 18.9 Å². The summed E-state index contributed by atoms with van der Waals surface area (Å²) in [5.74, 6) is -0.251. The van der Waals surface area contributed by atoms with Gasteiger partial charge in [-0.15, -0.1) is 0 Å². The van der Waals surface area contributed by atoms with Gasteiger partial charge in [0.05, 0.1) is 37.8 Å². The number of hydrogen-bond acceptors (Lipinski definition) is 3. The van der Waals surface area contributed by atoms with E-state index in [1.165, 1.54) is 88.9 Å². The lowest BCUT2D eigenvalue weighted by molar-refractivity contribution is -0.908. The van der Waals surface area contributed by atoms with Crippen LogP contribution in [-0.2, 0) is 0 Å². The highest BCUT2D eigenvalue weighted by Gasteiger charge is 2.34. The molecule has 184 valence electrons. The molecule has 2 aliphatic heterocycles. The number of carbonyl (C=O) groups is 2. The van der Waals surface area contributed by atoms with Crippen LogP contribution in [0.25, 0.3) is 0 Å². The SMILES string of the molecule is CC[N+](C)(CCCCCCCCN1CCCCC1)CCCCN1C(=O)c2ccccc2C1=O. The summed E-state index contributed by atoms with van der Waals surface area (Å²) in [6, 6.07) is 7.17. The van der Waals surface area contributed by atoms with E-state index in [1.54, 1.807) is 12.1 Å². The molecule has 1 atom stereocenters. The van der Waals surface area contributed by atoms with Crippen molar-refractivity contribution in [2.24, 2.45) is 0 Å². The second-order valence-corrected chi connectivity index (χ2v) is 10.4. The molecule has 0 N–H and O–H groups in total. The van der Waals surface area contributed by atoms with Gasteiger partial charge >= 0.3 is 0 Å². The molecular weight excluding hydrogens is 410 g/mol. The lowest BCUT2D eigenvalue weighted by Gasteiger charge is -2.34. The molecule has 1 unspecified atom stereocenters. The zero-order chi connectivity index (χ0) is 23.5. The van der Waals surface area contributed by atoms with Gasteiger partial charge in [-0.1, -0.05) is 37.8 Å². The molecule has 33 heavy (non-hydrogen) atoms. The molecule has 0 saturated carbocycles. The van der Waals surface area contributed by atoms with Crippen molar-refractivity contribution in [3.05, 3.63) is 35.4 Å². The molecule has 0 bridgehead atoms. The number of benzene rings is 1. The minimum atomic E-state index is -0.126. The van der Waals surface area contributed by atoms with Crippen LogP contribution in [0.3, 0.4) is 0 Å². The van der Waals surface area contributed by atoms with Crippen LogP contribution < -0.4 is 0 Å². The summed E-state index contributed by atoms with van der Waals surface area (Å²) in [7, 11) is 2.36. The van der Waals surface area contributed by atoms with E-state index < -0.39 is 0 Å². The Kier molecular flexibility index (Phi) is 10.4. The van der Waals surface area contributed by atoms with Crippen molar-refractivity contribution in [1.82, 2.24) is 9.80 Å². The first kappa shape index (κ1) is 25.9. The van der Waals surface area contributed by atoms with Gasteiger partial charge in [-0.3, -0.25) is 14.5 Å². The van der Waals surface area contributed by atoms with Crippen LogP contribution in [0.15, 0.2) is 24.3 Å². The van der Waals surface area contributed by atoms with Crippen LogP contribution in [0.1, 0.15) is 98.3 Å². The summed E-state index contributed by atoms with van der Waals surface area (Å²) >= 11 is 0. The summed E-state index contributed by atoms with van der Waals surface area (Å²) in [4.78, 5) is 29.1. The Labute approximate surface area is 201 Å². The van der Waals surface area contributed by atoms with Crippen molar-refractivity contribution >= 4 is 11.8 Å². The number of quaternary nitrogens is 1. The second kappa shape index (κ2) is 13.2. The van der Waals surface area contributed by atoms with Gasteiger partial charge in [-0.05, 0) is 83.6 Å². The number of likely N-dealkylation sites (tertiary alicyclic amines) is 1. The first-order chi connectivity index (χ1) is 16.0. The fourth-order valence-electron chi connectivity index (χ4n) is 5.35. The monoisotopic (exact) mass is 456 g/mol. The summed E-state index contributed by atoms with van der Waals surface area (Å²) in [6.07, 6.45) is 14.3. The summed E-state index contributed by atoms with van der Waals surface area (Å²) in [6.45, 7) is 10.3. The Hall–Kier alpha value is -1.72. The van der Waals surface area contributed by atoms with Gasteiger partial charge in [0, 0.05) is 6.54 Å². The van der Waals surface area contributed by atoms with E-state index in [-0.39, 0.29) is 11.8 Å². The molecule has 0 radical (unpaired) electrons. The zero-order valence-electron chi connectivity index (χ0n) is 21.2. The molecule has 1 aromatic rings. The summed E-state index contributed by atoms with van der Waals surface area (Å²) in [5.41, 5.74) is 1.12. The lowest BCUT2D eigenvalue weighted by Crippen LogP contribution is -2.45. The quantitative estimate of drug-likeness (QED) is 0.203. The fourth-order valence-corrected chi connectivity index (χ4v) is 5.35. The van der Waals surface area contributed by atoms with Crippen LogP contribution >= 0.6 is 0 Å². The first-order valence-electron chi connectivity index (χ1n) is 13.6. The molecule has 5 nitrogen and oxygen atoms in total. The number of unbranched alkanes of at least 4 members (excludes halogenated alkanes) is 6. The fraction of sp³-hybridized carbons (Fsp3) is 0.714. The Morgan fingerprint density at radius 2 is 1.24 bits per heavy atom. The van der Waals surface area contributed by atoms with Gasteiger partial charge in [0.15, 0.2) is 0 Å². The van der Waals surface area contributed by atoms with Crippen LogP contribution in [0.5, 0.6) is 0 Å². The highest BCUT2D eigenvalue weighted by molar-refractivity contribution is 6.21. The van der Waals surface area contributed by atoms with Gasteiger partial charge in [0.1, 0.15) is 0 Å². The molecule has 5 heteroatoms. The van der Waals surface area contributed by atoms with E-state index in [1.807, 2.05) is 12.1 Å². The molecular formula is C28H46N3O2+. The molecule has 0 aromatic heterocycles. The topological polar surface area (TPSA) is 40.6 Å². The minimum absolute atomic E-state index is 0.126. The van der Waals surface area contributed by atoms with Crippen molar-refractivity contribution in [3.63, 3.8) is 0 Å². The number of fused-ring (bicyclic) bond motifs is 1. The van der Waals surface area contributed by atoms with Crippen molar-refractivity contribution in [2.75, 3.05) is 52.9 Å². The van der Waals surface area contributed by atoms with E-state index in [4.69, 9.17) is 0 Å². The summed E-state index contributed by atoms with van der Waals surface area (Å²) in [5, 5.41) is 0. The molecule has 1 saturated heterocycles. The predicted molar refractivity (Wildman–Crippen MR) is 135 cm³/mol. The largest absolute Gasteiger partial charge is 0.326 e. The molecule has 1 aromatic carbocycles. The molecule has 2 aliphatic rings. The van der Waals surface area contributed by atoms with Gasteiger partial charge in [0.25, 0.3) is 11.8 Å². The highest BCUT2D eigenvalue weighted by atomic mass is 16.2. The van der Waals surface area contributed by atoms with Gasteiger partial charge < -0.3 is 9.38 Å². The van der Waals surface area contributed by atoms with E-state index >= 15 is 0 Å². The second-order valence-electron chi connectivity index (χ2n) is 10.4. The third kappa shape index (κ3) is 7.65. The number of imide groups is 1. The Morgan fingerprint density at radius 3 is 1.85 bits per heavy atom. The third-order valence-electron chi connectivity index (χ3n) is 7.84. The van der Waals surface area contributed by atoms with Crippen molar-refractivity contribution < 1.29 is 14.1 Å². The molecule has 0 spiro atoms. The van der Waals surface area contributed by atoms with Crippen LogP contribution in [0.2, 0.25) is 0 Å². The average Bonchev–Trinajstić information content (AvgIpc) is 3.09. The maximum absolute atomic E-state index is 12.5. The van der Waals surface area contributed by atoms with E-state index in [9.17, 15) is 9.59 Å². The number of piperidine rings is 1. The number of nitrogens with zero attached hydrogens (tertiary/aromatic N) is 3. The van der Waals surface area contributed by atoms with Gasteiger partial charge in [-0.2, -0.15) is 0 Å². The Balaban J connectivity index is 1.24. The van der Waals surface area contributed by atoms with Gasteiger partial charge in [-0.25, -0.2) is 0 Å². The zero-order valence-corrected chi connectivity index (χ0v) is 21.2. The van der Waals surface area contributed by atoms with Crippen molar-refractivity contribution in [1.29, 1.82) is 0 Å². The van der Waals surface area contributed by atoms with Crippen molar-refractivity contribution in [2.45, 2.75) is 77.6 Å². The Bertz CT molecular complexity index is 724. The minimum Gasteiger partial charge on any atom is -0.326 e. The van der Waals surface area contributed by atoms with Crippen molar-refractivity contribution in [3.8, 4) is 0 Å².